The van der Waals surface area contributed by atoms with Crippen LogP contribution in [-0.2, 0) is 68.9 Å². The molecule has 556 valence electrons. The fourth-order valence-electron chi connectivity index (χ4n) is 9.38. The number of piperidine rings is 2. The average molecular weight is 1540 g/mol. The molecule has 2 amide bonds. The number of nitrogens with zero attached hydrogens (tertiary/aromatic N) is 6. The summed E-state index contributed by atoms with van der Waals surface area (Å²) in [7, 11) is 1.02. The Morgan fingerprint density at radius 3 is 1.28 bits per heavy atom. The Bertz CT molecular complexity index is 7120. The molecule has 12 rings (SSSR count). The lowest BCUT2D eigenvalue weighted by Gasteiger charge is -2.39. The van der Waals surface area contributed by atoms with E-state index >= 15 is 18.4 Å². The maximum absolute atomic E-state index is 15.9. The minimum Gasteiger partial charge on any atom is -0.383 e. The number of fused-ring (bicyclic) bond motifs is 2. The number of amides is 2. The van der Waals surface area contributed by atoms with Gasteiger partial charge >= 0.3 is 12.4 Å². The number of hydrogen-bond donors (Lipinski definition) is 0. The second-order valence-electron chi connectivity index (χ2n) is 21.6. The lowest BCUT2D eigenvalue weighted by Crippen LogP contribution is -2.48. The summed E-state index contributed by atoms with van der Waals surface area (Å²) in [4.78, 5) is 56.0. The number of methoxy groups -OCH3 is 2. The van der Waals surface area contributed by atoms with Crippen LogP contribution < -0.4 is 10.9 Å². The number of likely N-dealkylation sites (tertiary alicyclic amines) is 2. The number of carbonyl (C=O) groups is 2. The second kappa shape index (κ2) is 35.1. The molecule has 0 saturated carbocycles. The summed E-state index contributed by atoms with van der Waals surface area (Å²) in [6.45, 7) is -50.7. The van der Waals surface area contributed by atoms with Crippen LogP contribution in [-0.4, -0.2) is 119 Å². The Hall–Kier alpha value is -9.04. The molecule has 0 N–H and O–H groups in total. The summed E-state index contributed by atoms with van der Waals surface area (Å²) >= 11 is -0.459. The quantitative estimate of drug-likeness (QED) is 0.0428. The summed E-state index contributed by atoms with van der Waals surface area (Å²) in [5, 5.41) is -4.90. The van der Waals surface area contributed by atoms with Gasteiger partial charge in [0.1, 0.15) is 13.0 Å². The second-order valence-corrected chi connectivity index (χ2v) is 23.4. The molecule has 0 aliphatic carbocycles. The zero-order valence-corrected chi connectivity index (χ0v) is 56.3. The summed E-state index contributed by atoms with van der Waals surface area (Å²) in [6.07, 6.45) is -29.0. The van der Waals surface area contributed by atoms with Crippen LogP contribution in [0.4, 0.5) is 43.9 Å². The zero-order valence-electron chi connectivity index (χ0n) is 98.6. The third-order valence-corrected chi connectivity index (χ3v) is 16.3. The first-order valence-electron chi connectivity index (χ1n) is 52.2. The van der Waals surface area contributed by atoms with Crippen LogP contribution in [0, 0.1) is 37.1 Å². The third-order valence-electron chi connectivity index (χ3n) is 14.5. The SMILES string of the molecule is [2H]c1c(C)c([2H])c2c(=O)c([2H])c(SC([2H])([2H])c3cccc(F)c3F)n(C([2H])([2H])C(=O)N(C([2H])([2H])c3ccc(-c4ccc(C(F)(F)F)cc4)cc3)C3([2H])C([2H])([2H])C([2H])([2H])N(C([2H])([2H])C([2H])([2H])OC)C([2H])([2H])C3([2H])[2H])c2c1[2H].[2H]c1c(C)c([2H])c2c(=O)c([2H])c(SCc3cccc(F)c3F)n(C([2H])([2H])C(=O)N(C([2H])([2H])c3ccc(-c4ccc(C(F)(F)F)cc4)cc3)C3([2H])C([2H])([2H])C([2H])([2H])N(C([2H])([2H])C([2H])([2H])OC)C([2H])([2H])C3([2H])[2H])c2c1[2H]. The predicted molar refractivity (Wildman–Crippen MR) is 395 cm³/mol. The van der Waals surface area contributed by atoms with Crippen molar-refractivity contribution in [2.45, 2.75) is 111 Å². The van der Waals surface area contributed by atoms with Crippen molar-refractivity contribution in [1.82, 2.24) is 28.7 Å². The number of thioether (sulfide) groups is 2. The van der Waals surface area contributed by atoms with Gasteiger partial charge in [0, 0.05) is 154 Å². The number of ether oxygens (including phenoxy) is 2. The maximum Gasteiger partial charge on any atom is 0.416 e. The fraction of sp³-hybridized carbons (Fsp3) is 0.317. The Morgan fingerprint density at radius 2 is 0.896 bits per heavy atom. The number of hydrogen-bond acceptors (Lipinski definition) is 10. The van der Waals surface area contributed by atoms with E-state index < -0.39 is 341 Å². The number of carbonyl (C=O) groups excluding carboxylic acids is 2. The van der Waals surface area contributed by atoms with E-state index in [4.69, 9.17) is 35.6 Å². The van der Waals surface area contributed by atoms with Gasteiger partial charge in [-0.15, -0.1) is 23.5 Å². The van der Waals surface area contributed by atoms with Gasteiger partial charge < -0.3 is 38.2 Å². The molecule has 2 aliphatic heterocycles. The largest absolute Gasteiger partial charge is 0.416 e. The first-order valence-corrected chi connectivity index (χ1v) is 32.0. The maximum atomic E-state index is 15.9. The normalized spacial score (nSPS) is 25.9. The molecule has 0 bridgehead atoms. The van der Waals surface area contributed by atoms with Crippen LogP contribution >= 0.6 is 23.5 Å². The van der Waals surface area contributed by atoms with Gasteiger partial charge in [0.15, 0.2) is 34.1 Å². The molecule has 2 saturated heterocycles. The lowest BCUT2D eigenvalue weighted by atomic mass is 10.00. The van der Waals surface area contributed by atoms with Crippen molar-refractivity contribution < 1.29 is 123 Å². The summed E-state index contributed by atoms with van der Waals surface area (Å²) < 4.78 is 546. The van der Waals surface area contributed by atoms with Crippen molar-refractivity contribution in [2.75, 3.05) is 66.3 Å². The highest BCUT2D eigenvalue weighted by Crippen LogP contribution is 2.36. The highest BCUT2D eigenvalue weighted by molar-refractivity contribution is 7.98. The topological polar surface area (TPSA) is 110 Å². The predicted octanol–water partition coefficient (Wildman–Crippen LogP) is 17.4. The molecular weight excluding hydrogens is 1420 g/mol. The molecule has 2 aromatic heterocycles. The van der Waals surface area contributed by atoms with Gasteiger partial charge in [-0.25, -0.2) is 17.6 Å². The molecule has 24 heteroatoms. The highest BCUT2D eigenvalue weighted by Gasteiger charge is 2.34. The molecule has 0 unspecified atom stereocenters. The van der Waals surface area contributed by atoms with Crippen LogP contribution in [0.2, 0.25) is 0 Å². The molecule has 106 heavy (non-hydrogen) atoms. The van der Waals surface area contributed by atoms with Crippen LogP contribution in [0.3, 0.4) is 0 Å². The molecule has 0 spiro atoms. The monoisotopic (exact) mass is 1540 g/mol. The summed E-state index contributed by atoms with van der Waals surface area (Å²) in [5.74, 6) is -12.9. The number of halogens is 10. The smallest absolute Gasteiger partial charge is 0.383 e. The molecule has 8 aromatic carbocycles. The highest BCUT2D eigenvalue weighted by atomic mass is 32.2. The number of rotatable bonds is 24. The van der Waals surface area contributed by atoms with Crippen LogP contribution in [0.5, 0.6) is 0 Å². The molecule has 0 radical (unpaired) electrons. The van der Waals surface area contributed by atoms with Crippen molar-refractivity contribution in [3.05, 3.63) is 270 Å². The van der Waals surface area contributed by atoms with E-state index in [0.29, 0.717) is 68.8 Å². The van der Waals surface area contributed by atoms with Crippen molar-refractivity contribution in [2.24, 2.45) is 0 Å². The van der Waals surface area contributed by atoms with Gasteiger partial charge in [0.25, 0.3) is 0 Å². The third kappa shape index (κ3) is 19.6. The van der Waals surface area contributed by atoms with Crippen molar-refractivity contribution in [3.8, 4) is 22.3 Å². The Balaban J connectivity index is 0.000000285. The zero-order chi connectivity index (χ0) is 115. The standard InChI is InChI=1S/2C41H40F5N3O3S/c2*1-27-6-15-36-34(22-27)37(50)23-39(53-26-31-4-3-5-35(42)40(31)43)49(36)25-38(51)48(33-16-18-47(19-17-33)20-21-52-2)24-28-7-9-29(10-8-28)30-11-13-32(14-12-30)41(44,45)46/h2*3-15,22-23,33H,16-21,24-26H2,1-2H3/i6D,15D,16D2,17D2,18D2,19D2,20D2,21D2,22D,23D,24D2,25D2,26D2,33D;6D,15D,16D2,17D2,18D2,19D2,20D2,21D2,22D,23D,24D2,25D2,33D. The van der Waals surface area contributed by atoms with Crippen molar-refractivity contribution in [1.29, 1.82) is 0 Å². The molecule has 12 nitrogen and oxygen atoms in total. The molecule has 0 atom stereocenters. The number of aromatic nitrogens is 2. The minimum atomic E-state index is -5.05. The van der Waals surface area contributed by atoms with Crippen LogP contribution in [0.1, 0.15) is 130 Å². The first-order chi connectivity index (χ1) is 67.7. The van der Waals surface area contributed by atoms with Gasteiger partial charge in [0.05, 0.1) is 75.5 Å². The molecule has 4 heterocycles. The van der Waals surface area contributed by atoms with E-state index in [1.165, 1.54) is 0 Å². The van der Waals surface area contributed by atoms with E-state index in [9.17, 15) is 69.4 Å². The van der Waals surface area contributed by atoms with E-state index in [0.717, 1.165) is 92.7 Å². The van der Waals surface area contributed by atoms with Crippen LogP contribution in [0.15, 0.2) is 201 Å². The van der Waals surface area contributed by atoms with Gasteiger partial charge in [-0.2, -0.15) is 26.3 Å². The van der Waals surface area contributed by atoms with Gasteiger partial charge in [-0.3, -0.25) is 19.2 Å². The lowest BCUT2D eigenvalue weighted by molar-refractivity contribution is -0.138. The van der Waals surface area contributed by atoms with Crippen LogP contribution in [0.25, 0.3) is 44.1 Å². The fourth-order valence-corrected chi connectivity index (χ4v) is 11.1. The molecule has 2 aliphatic rings. The number of alkyl halides is 6. The minimum absolute atomic E-state index is 0.00289. The van der Waals surface area contributed by atoms with Gasteiger partial charge in [-0.05, 0) is 133 Å². The first kappa shape index (κ1) is 39.2. The van der Waals surface area contributed by atoms with E-state index in [1.807, 2.05) is 0 Å². The molecular formula is C82H80F10N6O6S2. The van der Waals surface area contributed by atoms with Crippen molar-refractivity contribution in [3.63, 3.8) is 0 Å². The Morgan fingerprint density at radius 1 is 0.528 bits per heavy atom. The van der Waals surface area contributed by atoms with E-state index in [2.05, 4.69) is 9.47 Å². The van der Waals surface area contributed by atoms with Crippen molar-refractivity contribution >= 4 is 57.1 Å². The Labute approximate surface area is 678 Å². The molecule has 2 fully saturated rings. The van der Waals surface area contributed by atoms with Gasteiger partial charge in [0.2, 0.25) is 11.8 Å². The summed E-state index contributed by atoms with van der Waals surface area (Å²) in [6, 6.07) is -1.27. The number of benzene rings is 8. The average Bonchev–Trinajstić information content (AvgIpc) is 0.652. The van der Waals surface area contributed by atoms with E-state index in [1.54, 1.807) is 0 Å². The molecule has 10 aromatic rings. The number of pyridine rings is 2. The van der Waals surface area contributed by atoms with Gasteiger partial charge in [-0.1, -0.05) is 120 Å². The van der Waals surface area contributed by atoms with E-state index in [-0.39, 0.29) is 43.1 Å². The Kier molecular flexibility index (Phi) is 13.0. The summed E-state index contributed by atoms with van der Waals surface area (Å²) in [5.41, 5.74) is -16.1.